The summed E-state index contributed by atoms with van der Waals surface area (Å²) in [6.07, 6.45) is 3.24. The molecule has 32 heavy (non-hydrogen) atoms. The molecule has 0 atom stereocenters. The van der Waals surface area contributed by atoms with Crippen molar-refractivity contribution in [3.63, 3.8) is 0 Å². The number of hydrogen-bond donors (Lipinski definition) is 1. The quantitative estimate of drug-likeness (QED) is 0.445. The van der Waals surface area contributed by atoms with Crippen LogP contribution in [0, 0.1) is 5.82 Å². The zero-order valence-corrected chi connectivity index (χ0v) is 18.5. The molecule has 2 aromatic carbocycles. The lowest BCUT2D eigenvalue weighted by Gasteiger charge is -2.10. The van der Waals surface area contributed by atoms with E-state index in [9.17, 15) is 14.0 Å². The average Bonchev–Trinajstić information content (AvgIpc) is 3.28. The minimum atomic E-state index is -0.413. The topological polar surface area (TPSA) is 85.6 Å². The Morgan fingerprint density at radius 1 is 1.28 bits per heavy atom. The normalized spacial score (nSPS) is 11.8. The summed E-state index contributed by atoms with van der Waals surface area (Å²) in [6, 6.07) is 10.3. The summed E-state index contributed by atoms with van der Waals surface area (Å²) >= 11 is 7.35. The van der Waals surface area contributed by atoms with Crippen LogP contribution in [0.1, 0.15) is 24.7 Å². The van der Waals surface area contributed by atoms with E-state index in [2.05, 4.69) is 15.4 Å². The second-order valence-corrected chi connectivity index (χ2v) is 8.36. The highest BCUT2D eigenvalue weighted by Gasteiger charge is 2.12. The molecule has 1 N–H and O–H groups in total. The monoisotopic (exact) mass is 472 g/mol. The Kier molecular flexibility index (Phi) is 6.48. The molecule has 0 spiro atoms. The number of ether oxygens (including phenoxy) is 1. The molecule has 0 saturated heterocycles. The minimum Gasteiger partial charge on any atom is -0.483 e. The number of amides is 1. The Bertz CT molecular complexity index is 1380. The molecule has 7 nitrogen and oxygen atoms in total. The van der Waals surface area contributed by atoms with Crippen LogP contribution in [0.4, 0.5) is 10.1 Å². The van der Waals surface area contributed by atoms with Crippen molar-refractivity contribution in [3.05, 3.63) is 79.6 Å². The molecular formula is C22H18ClFN4O3S. The van der Waals surface area contributed by atoms with Gasteiger partial charge in [-0.1, -0.05) is 29.9 Å². The van der Waals surface area contributed by atoms with Crippen molar-refractivity contribution in [2.45, 2.75) is 19.8 Å². The van der Waals surface area contributed by atoms with E-state index in [1.54, 1.807) is 24.3 Å². The van der Waals surface area contributed by atoms with Crippen LogP contribution in [0.3, 0.4) is 0 Å². The van der Waals surface area contributed by atoms with Crippen molar-refractivity contribution in [1.82, 2.24) is 14.6 Å². The lowest BCUT2D eigenvalue weighted by atomic mass is 10.2. The number of aromatic nitrogens is 3. The fourth-order valence-electron chi connectivity index (χ4n) is 2.98. The molecule has 2 aromatic heterocycles. The summed E-state index contributed by atoms with van der Waals surface area (Å²) < 4.78 is 20.4. The van der Waals surface area contributed by atoms with Crippen molar-refractivity contribution in [1.29, 1.82) is 0 Å². The van der Waals surface area contributed by atoms with Crippen LogP contribution in [0.2, 0.25) is 5.02 Å². The molecule has 2 heterocycles. The number of aryl methyl sites for hydroxylation is 1. The Morgan fingerprint density at radius 2 is 2.06 bits per heavy atom. The van der Waals surface area contributed by atoms with E-state index < -0.39 is 11.7 Å². The summed E-state index contributed by atoms with van der Waals surface area (Å²) in [5, 5.41) is 7.34. The van der Waals surface area contributed by atoms with Crippen LogP contribution < -0.4 is 20.1 Å². The van der Waals surface area contributed by atoms with E-state index >= 15 is 0 Å². The highest BCUT2D eigenvalue weighted by molar-refractivity contribution is 7.15. The zero-order valence-electron chi connectivity index (χ0n) is 17.0. The number of thiazole rings is 1. The second kappa shape index (κ2) is 9.46. The van der Waals surface area contributed by atoms with Gasteiger partial charge in [-0.25, -0.2) is 9.37 Å². The SMILES string of the molecule is CCCc1nc2s/c(=C\c3cc(Cl)ccc3OCC(=O)Nc3ccc(F)cc3)c(=O)n2n1. The van der Waals surface area contributed by atoms with Gasteiger partial charge >= 0.3 is 0 Å². The van der Waals surface area contributed by atoms with E-state index in [-0.39, 0.29) is 12.2 Å². The van der Waals surface area contributed by atoms with Gasteiger partial charge in [0.25, 0.3) is 11.5 Å². The third kappa shape index (κ3) is 4.95. The van der Waals surface area contributed by atoms with E-state index in [4.69, 9.17) is 16.3 Å². The molecule has 0 fully saturated rings. The van der Waals surface area contributed by atoms with Crippen molar-refractivity contribution in [2.75, 3.05) is 11.9 Å². The van der Waals surface area contributed by atoms with Crippen molar-refractivity contribution in [2.24, 2.45) is 0 Å². The number of rotatable bonds is 7. The van der Waals surface area contributed by atoms with Crippen LogP contribution in [-0.2, 0) is 11.2 Å². The van der Waals surface area contributed by atoms with Gasteiger partial charge < -0.3 is 10.1 Å². The first-order valence-electron chi connectivity index (χ1n) is 9.81. The first kappa shape index (κ1) is 21.9. The molecule has 0 saturated carbocycles. The predicted molar refractivity (Wildman–Crippen MR) is 122 cm³/mol. The zero-order chi connectivity index (χ0) is 22.7. The molecule has 4 rings (SSSR count). The second-order valence-electron chi connectivity index (χ2n) is 6.91. The number of fused-ring (bicyclic) bond motifs is 1. The number of carbonyl (C=O) groups is 1. The van der Waals surface area contributed by atoms with Gasteiger partial charge in [0.15, 0.2) is 12.4 Å². The lowest BCUT2D eigenvalue weighted by molar-refractivity contribution is -0.118. The maximum absolute atomic E-state index is 13.0. The van der Waals surface area contributed by atoms with E-state index in [0.29, 0.717) is 43.8 Å². The molecule has 4 aromatic rings. The Morgan fingerprint density at radius 3 is 2.78 bits per heavy atom. The molecule has 0 aliphatic carbocycles. The number of benzene rings is 2. The van der Waals surface area contributed by atoms with Gasteiger partial charge in [-0.05, 0) is 55.0 Å². The third-order valence-corrected chi connectivity index (χ3v) is 5.64. The number of halogens is 2. The minimum absolute atomic E-state index is 0.278. The lowest BCUT2D eigenvalue weighted by Crippen LogP contribution is -2.24. The molecule has 1 amide bonds. The largest absolute Gasteiger partial charge is 0.483 e. The summed E-state index contributed by atoms with van der Waals surface area (Å²) in [5.41, 5.74) is 0.720. The van der Waals surface area contributed by atoms with Gasteiger partial charge in [-0.3, -0.25) is 9.59 Å². The van der Waals surface area contributed by atoms with Crippen LogP contribution >= 0.6 is 22.9 Å². The van der Waals surface area contributed by atoms with Crippen molar-refractivity contribution >= 4 is 45.6 Å². The van der Waals surface area contributed by atoms with Crippen LogP contribution in [0.5, 0.6) is 5.75 Å². The standard InChI is InChI=1S/C22H18ClFN4O3S/c1-2-3-19-26-22-28(27-19)21(30)18(32-22)11-13-10-14(23)4-9-17(13)31-12-20(29)25-16-7-5-15(24)6-8-16/h4-11H,2-3,12H2,1H3,(H,25,29)/b18-11-. The Labute approximate surface area is 191 Å². The smallest absolute Gasteiger partial charge is 0.291 e. The van der Waals surface area contributed by atoms with Crippen molar-refractivity contribution < 1.29 is 13.9 Å². The number of nitrogens with one attached hydrogen (secondary N) is 1. The molecule has 0 radical (unpaired) electrons. The molecule has 0 aliphatic rings. The summed E-state index contributed by atoms with van der Waals surface area (Å²) in [6.45, 7) is 1.74. The first-order chi connectivity index (χ1) is 15.4. The third-order valence-electron chi connectivity index (χ3n) is 4.44. The Balaban J connectivity index is 1.56. The number of hydrogen-bond acceptors (Lipinski definition) is 6. The number of anilines is 1. The molecule has 0 aliphatic heterocycles. The van der Waals surface area contributed by atoms with Gasteiger partial charge in [-0.15, -0.1) is 5.10 Å². The molecule has 10 heteroatoms. The van der Waals surface area contributed by atoms with Gasteiger partial charge in [0.1, 0.15) is 11.6 Å². The summed E-state index contributed by atoms with van der Waals surface area (Å²) in [5.74, 6) is 0.218. The molecular weight excluding hydrogens is 455 g/mol. The highest BCUT2D eigenvalue weighted by Crippen LogP contribution is 2.24. The maximum Gasteiger partial charge on any atom is 0.291 e. The van der Waals surface area contributed by atoms with Crippen LogP contribution in [0.15, 0.2) is 47.3 Å². The summed E-state index contributed by atoms with van der Waals surface area (Å²) in [7, 11) is 0. The van der Waals surface area contributed by atoms with E-state index in [0.717, 1.165) is 6.42 Å². The molecule has 0 bridgehead atoms. The summed E-state index contributed by atoms with van der Waals surface area (Å²) in [4.78, 5) is 29.8. The van der Waals surface area contributed by atoms with Crippen LogP contribution in [-0.4, -0.2) is 27.1 Å². The predicted octanol–water partition coefficient (Wildman–Crippen LogP) is 3.46. The van der Waals surface area contributed by atoms with Gasteiger partial charge in [-0.2, -0.15) is 4.52 Å². The highest BCUT2D eigenvalue weighted by atomic mass is 35.5. The first-order valence-corrected chi connectivity index (χ1v) is 11.0. The average molecular weight is 473 g/mol. The van der Waals surface area contributed by atoms with Gasteiger partial charge in [0, 0.05) is 22.7 Å². The maximum atomic E-state index is 13.0. The van der Waals surface area contributed by atoms with Crippen molar-refractivity contribution in [3.8, 4) is 5.75 Å². The Hall–Kier alpha value is -3.30. The van der Waals surface area contributed by atoms with Gasteiger partial charge in [0.2, 0.25) is 4.96 Å². The number of nitrogens with zero attached hydrogens (tertiary/aromatic N) is 3. The molecule has 0 unspecified atom stereocenters. The fourth-order valence-corrected chi connectivity index (χ4v) is 4.08. The fraction of sp³-hybridized carbons (Fsp3) is 0.182. The number of carbonyl (C=O) groups excluding carboxylic acids is 1. The molecule has 164 valence electrons. The van der Waals surface area contributed by atoms with Gasteiger partial charge in [0.05, 0.1) is 4.53 Å². The van der Waals surface area contributed by atoms with Crippen LogP contribution in [0.25, 0.3) is 11.0 Å². The van der Waals surface area contributed by atoms with E-state index in [1.165, 1.54) is 40.1 Å². The van der Waals surface area contributed by atoms with E-state index in [1.807, 2.05) is 6.92 Å².